The molecule has 3 aromatic rings. The van der Waals surface area contributed by atoms with E-state index in [0.29, 0.717) is 5.69 Å². The van der Waals surface area contributed by atoms with Crippen LogP contribution in [0.25, 0.3) is 10.2 Å². The van der Waals surface area contributed by atoms with E-state index in [4.69, 9.17) is 0 Å². The van der Waals surface area contributed by atoms with E-state index in [2.05, 4.69) is 15.6 Å². The van der Waals surface area contributed by atoms with E-state index in [1.807, 2.05) is 19.1 Å². The van der Waals surface area contributed by atoms with Gasteiger partial charge in [0, 0.05) is 5.69 Å². The van der Waals surface area contributed by atoms with Gasteiger partial charge in [0.1, 0.15) is 5.82 Å². The zero-order valence-electron chi connectivity index (χ0n) is 11.2. The Morgan fingerprint density at radius 2 is 2.00 bits per heavy atom. The number of carbonyl (C=O) groups excluding carboxylic acids is 1. The second kappa shape index (κ2) is 5.49. The Morgan fingerprint density at radius 1 is 1.19 bits per heavy atom. The first kappa shape index (κ1) is 13.5. The maximum absolute atomic E-state index is 13.5. The van der Waals surface area contributed by atoms with Crippen molar-refractivity contribution in [3.63, 3.8) is 0 Å². The third-order valence-corrected chi connectivity index (χ3v) is 3.81. The van der Waals surface area contributed by atoms with Crippen LogP contribution in [-0.2, 0) is 0 Å². The summed E-state index contributed by atoms with van der Waals surface area (Å²) in [7, 11) is 0. The highest BCUT2D eigenvalue weighted by Gasteiger charge is 2.07. The molecule has 0 aliphatic carbocycles. The van der Waals surface area contributed by atoms with Crippen LogP contribution in [0.5, 0.6) is 0 Å². The molecule has 1 heterocycles. The number of nitrogens with one attached hydrogen (secondary N) is 2. The Morgan fingerprint density at radius 3 is 2.81 bits per heavy atom. The molecule has 0 radical (unpaired) electrons. The minimum absolute atomic E-state index is 0.143. The first-order chi connectivity index (χ1) is 10.1. The predicted octanol–water partition coefficient (Wildman–Crippen LogP) is 4.39. The van der Waals surface area contributed by atoms with Gasteiger partial charge in [-0.2, -0.15) is 0 Å². The number of benzene rings is 2. The van der Waals surface area contributed by atoms with Crippen molar-refractivity contribution in [2.45, 2.75) is 6.92 Å². The fraction of sp³-hybridized carbons (Fsp3) is 0.0667. The molecule has 2 aromatic carbocycles. The molecule has 0 unspecified atom stereocenters. The van der Waals surface area contributed by atoms with Crippen molar-refractivity contribution >= 4 is 39.0 Å². The first-order valence-corrected chi connectivity index (χ1v) is 7.13. The van der Waals surface area contributed by atoms with E-state index in [0.717, 1.165) is 15.2 Å². The van der Waals surface area contributed by atoms with E-state index in [9.17, 15) is 9.18 Å². The summed E-state index contributed by atoms with van der Waals surface area (Å²) < 4.78 is 14.4. The number of thiazole rings is 1. The van der Waals surface area contributed by atoms with Crippen molar-refractivity contribution in [3.05, 3.63) is 53.3 Å². The molecule has 0 bridgehead atoms. The number of hydrogen-bond donors (Lipinski definition) is 2. The molecule has 4 nitrogen and oxygen atoms in total. The van der Waals surface area contributed by atoms with Crippen molar-refractivity contribution in [1.82, 2.24) is 4.98 Å². The third kappa shape index (κ3) is 3.00. The third-order valence-electron chi connectivity index (χ3n) is 2.88. The van der Waals surface area contributed by atoms with Crippen LogP contribution < -0.4 is 10.6 Å². The standard InChI is InChI=1S/C15H12FN3OS/c1-9-17-13-7-6-10(8-14(13)21-9)18-15(20)19-12-5-3-2-4-11(12)16/h2-8H,1H3,(H2,18,19,20). The molecule has 106 valence electrons. The Bertz CT molecular complexity index is 816. The van der Waals surface area contributed by atoms with E-state index in [1.54, 1.807) is 29.5 Å². The highest BCUT2D eigenvalue weighted by Crippen LogP contribution is 2.24. The van der Waals surface area contributed by atoms with Crippen LogP contribution in [0.2, 0.25) is 0 Å². The van der Waals surface area contributed by atoms with Gasteiger partial charge in [-0.15, -0.1) is 11.3 Å². The van der Waals surface area contributed by atoms with Gasteiger partial charge in [-0.05, 0) is 37.3 Å². The van der Waals surface area contributed by atoms with Gasteiger partial charge in [-0.25, -0.2) is 14.2 Å². The van der Waals surface area contributed by atoms with E-state index >= 15 is 0 Å². The lowest BCUT2D eigenvalue weighted by Crippen LogP contribution is -2.19. The number of carbonyl (C=O) groups is 1. The fourth-order valence-electron chi connectivity index (χ4n) is 1.96. The molecule has 0 aliphatic heterocycles. The number of amides is 2. The number of rotatable bonds is 2. The lowest BCUT2D eigenvalue weighted by molar-refractivity contribution is 0.262. The van der Waals surface area contributed by atoms with Crippen LogP contribution >= 0.6 is 11.3 Å². The summed E-state index contributed by atoms with van der Waals surface area (Å²) in [5.74, 6) is -0.471. The summed E-state index contributed by atoms with van der Waals surface area (Å²) in [6, 6.07) is 11.0. The summed E-state index contributed by atoms with van der Waals surface area (Å²) in [5, 5.41) is 6.13. The number of hydrogen-bond acceptors (Lipinski definition) is 3. The average molecular weight is 301 g/mol. The normalized spacial score (nSPS) is 10.6. The number of aryl methyl sites for hydroxylation is 1. The lowest BCUT2D eigenvalue weighted by atomic mass is 10.3. The summed E-state index contributed by atoms with van der Waals surface area (Å²) in [6.45, 7) is 1.93. The topological polar surface area (TPSA) is 54.0 Å². The van der Waals surface area contributed by atoms with Crippen molar-refractivity contribution in [2.24, 2.45) is 0 Å². The fourth-order valence-corrected chi connectivity index (χ4v) is 2.83. The number of aromatic nitrogens is 1. The molecular formula is C15H12FN3OS. The molecule has 2 amide bonds. The molecule has 0 fully saturated rings. The van der Waals surface area contributed by atoms with Gasteiger partial charge in [0.15, 0.2) is 0 Å². The Labute approximate surface area is 124 Å². The van der Waals surface area contributed by atoms with Gasteiger partial charge in [0.25, 0.3) is 0 Å². The van der Waals surface area contributed by atoms with Crippen molar-refractivity contribution in [3.8, 4) is 0 Å². The van der Waals surface area contributed by atoms with Crippen LogP contribution in [-0.4, -0.2) is 11.0 Å². The minimum atomic E-state index is -0.485. The molecule has 1 aromatic heterocycles. The van der Waals surface area contributed by atoms with Gasteiger partial charge in [0.2, 0.25) is 0 Å². The first-order valence-electron chi connectivity index (χ1n) is 6.31. The van der Waals surface area contributed by atoms with E-state index in [-0.39, 0.29) is 5.69 Å². The average Bonchev–Trinajstić information content (AvgIpc) is 2.80. The molecule has 21 heavy (non-hydrogen) atoms. The van der Waals surface area contributed by atoms with E-state index < -0.39 is 11.8 Å². The number of para-hydroxylation sites is 1. The van der Waals surface area contributed by atoms with Crippen LogP contribution in [0, 0.1) is 12.7 Å². The van der Waals surface area contributed by atoms with Gasteiger partial charge in [0.05, 0.1) is 20.9 Å². The zero-order valence-corrected chi connectivity index (χ0v) is 12.0. The summed E-state index contributed by atoms with van der Waals surface area (Å²) in [6.07, 6.45) is 0. The SMILES string of the molecule is Cc1nc2ccc(NC(=O)Nc3ccccc3F)cc2s1. The van der Waals surface area contributed by atoms with Crippen LogP contribution in [0.3, 0.4) is 0 Å². The van der Waals surface area contributed by atoms with Crippen molar-refractivity contribution < 1.29 is 9.18 Å². The maximum atomic E-state index is 13.5. The molecule has 2 N–H and O–H groups in total. The second-order valence-electron chi connectivity index (χ2n) is 4.47. The Hall–Kier alpha value is -2.47. The molecule has 0 aliphatic rings. The second-order valence-corrected chi connectivity index (χ2v) is 5.71. The molecule has 0 saturated carbocycles. The Kier molecular flexibility index (Phi) is 3.53. The molecule has 0 saturated heterocycles. The summed E-state index contributed by atoms with van der Waals surface area (Å²) in [5.41, 5.74) is 1.68. The lowest BCUT2D eigenvalue weighted by Gasteiger charge is -2.08. The maximum Gasteiger partial charge on any atom is 0.323 e. The minimum Gasteiger partial charge on any atom is -0.308 e. The largest absolute Gasteiger partial charge is 0.323 e. The Balaban J connectivity index is 1.75. The highest BCUT2D eigenvalue weighted by atomic mass is 32.1. The molecule has 6 heteroatoms. The van der Waals surface area contributed by atoms with Crippen LogP contribution in [0.15, 0.2) is 42.5 Å². The molecule has 0 spiro atoms. The molecule has 3 rings (SSSR count). The van der Waals surface area contributed by atoms with Gasteiger partial charge >= 0.3 is 6.03 Å². The van der Waals surface area contributed by atoms with Crippen molar-refractivity contribution in [1.29, 1.82) is 0 Å². The van der Waals surface area contributed by atoms with Crippen molar-refractivity contribution in [2.75, 3.05) is 10.6 Å². The predicted molar refractivity (Wildman–Crippen MR) is 83.4 cm³/mol. The highest BCUT2D eigenvalue weighted by molar-refractivity contribution is 7.18. The zero-order chi connectivity index (χ0) is 14.8. The monoisotopic (exact) mass is 301 g/mol. The number of nitrogens with zero attached hydrogens (tertiary/aromatic N) is 1. The van der Waals surface area contributed by atoms with E-state index in [1.165, 1.54) is 12.1 Å². The number of fused-ring (bicyclic) bond motifs is 1. The smallest absolute Gasteiger partial charge is 0.308 e. The quantitative estimate of drug-likeness (QED) is 0.737. The number of urea groups is 1. The van der Waals surface area contributed by atoms with Gasteiger partial charge in [-0.1, -0.05) is 12.1 Å². The van der Waals surface area contributed by atoms with Gasteiger partial charge in [-0.3, -0.25) is 0 Å². The molecule has 0 atom stereocenters. The number of anilines is 2. The van der Waals surface area contributed by atoms with Gasteiger partial charge < -0.3 is 10.6 Å². The van der Waals surface area contributed by atoms with Crippen LogP contribution in [0.1, 0.15) is 5.01 Å². The number of halogens is 1. The summed E-state index contributed by atoms with van der Waals surface area (Å²) >= 11 is 1.56. The van der Waals surface area contributed by atoms with Crippen LogP contribution in [0.4, 0.5) is 20.6 Å². The summed E-state index contributed by atoms with van der Waals surface area (Å²) in [4.78, 5) is 16.2. The molecular weight excluding hydrogens is 289 g/mol.